The van der Waals surface area contributed by atoms with Crippen molar-refractivity contribution in [2.45, 2.75) is 6.10 Å². The van der Waals surface area contributed by atoms with E-state index < -0.39 is 0 Å². The number of anilines is 2. The first-order valence-corrected chi connectivity index (χ1v) is 9.83. The molecule has 1 unspecified atom stereocenters. The Morgan fingerprint density at radius 3 is 3.00 bits per heavy atom. The molecule has 8 heteroatoms. The van der Waals surface area contributed by atoms with Crippen molar-refractivity contribution in [3.63, 3.8) is 0 Å². The number of halogens is 3. The number of hydrogen-bond donors (Lipinski definition) is 1. The van der Waals surface area contributed by atoms with Crippen LogP contribution in [0.15, 0.2) is 41.1 Å². The molecule has 0 aliphatic carbocycles. The second-order valence-electron chi connectivity index (χ2n) is 5.47. The Bertz CT molecular complexity index is 957. The monoisotopic (exact) mass is 515 g/mol. The average Bonchev–Trinajstić information content (AvgIpc) is 2.63. The minimum Gasteiger partial charge on any atom is -0.486 e. The van der Waals surface area contributed by atoms with E-state index in [0.29, 0.717) is 39.6 Å². The summed E-state index contributed by atoms with van der Waals surface area (Å²) in [4.78, 5) is 8.54. The highest BCUT2D eigenvalue weighted by atomic mass is 127. The molecule has 0 spiro atoms. The second-order valence-corrected chi connectivity index (χ2v) is 7.21. The lowest BCUT2D eigenvalue weighted by Crippen LogP contribution is -2.30. The van der Waals surface area contributed by atoms with Gasteiger partial charge in [0.05, 0.1) is 15.7 Å². The number of rotatable bonds is 3. The molecule has 1 aliphatic rings. The molecule has 0 saturated heterocycles. The van der Waals surface area contributed by atoms with Crippen LogP contribution in [0.1, 0.15) is 0 Å². The summed E-state index contributed by atoms with van der Waals surface area (Å²) in [5.41, 5.74) is 1.03. The van der Waals surface area contributed by atoms with E-state index in [0.717, 1.165) is 9.81 Å². The quantitative estimate of drug-likeness (QED) is 0.399. The highest BCUT2D eigenvalue weighted by Gasteiger charge is 2.22. The molecule has 0 bridgehead atoms. The van der Waals surface area contributed by atoms with Crippen molar-refractivity contribution in [1.29, 1.82) is 0 Å². The molecule has 1 atom stereocenters. The van der Waals surface area contributed by atoms with E-state index in [4.69, 9.17) is 9.47 Å². The van der Waals surface area contributed by atoms with Gasteiger partial charge in [0, 0.05) is 15.9 Å². The number of fused-ring (bicyclic) bond motifs is 2. The van der Waals surface area contributed by atoms with Crippen LogP contribution in [0.2, 0.25) is 0 Å². The van der Waals surface area contributed by atoms with Gasteiger partial charge in [-0.15, -0.1) is 0 Å². The van der Waals surface area contributed by atoms with Gasteiger partial charge in [-0.05, 0) is 34.1 Å². The molecular formula is C17H12BrFIN3O2. The van der Waals surface area contributed by atoms with E-state index in [-0.39, 0.29) is 11.9 Å². The van der Waals surface area contributed by atoms with Crippen molar-refractivity contribution < 1.29 is 13.9 Å². The fraction of sp³-hybridized carbons (Fsp3) is 0.176. The first-order chi connectivity index (χ1) is 12.2. The number of aromatic nitrogens is 2. The van der Waals surface area contributed by atoms with Gasteiger partial charge < -0.3 is 14.8 Å². The van der Waals surface area contributed by atoms with Gasteiger partial charge in [-0.25, -0.2) is 14.4 Å². The predicted molar refractivity (Wildman–Crippen MR) is 106 cm³/mol. The maximum atomic E-state index is 14.3. The van der Waals surface area contributed by atoms with Gasteiger partial charge in [-0.3, -0.25) is 0 Å². The Labute approximate surface area is 165 Å². The molecule has 0 radical (unpaired) electrons. The van der Waals surface area contributed by atoms with Crippen molar-refractivity contribution in [2.75, 3.05) is 16.4 Å². The summed E-state index contributed by atoms with van der Waals surface area (Å²) in [6.45, 7) is 0.515. The van der Waals surface area contributed by atoms with Gasteiger partial charge >= 0.3 is 0 Å². The molecule has 1 N–H and O–H groups in total. The van der Waals surface area contributed by atoms with Crippen molar-refractivity contribution >= 4 is 60.9 Å². The van der Waals surface area contributed by atoms with Crippen molar-refractivity contribution in [1.82, 2.24) is 9.97 Å². The van der Waals surface area contributed by atoms with E-state index in [9.17, 15) is 4.39 Å². The maximum absolute atomic E-state index is 14.3. The zero-order valence-corrected chi connectivity index (χ0v) is 16.5. The molecule has 2 aromatic carbocycles. The molecule has 1 aromatic heterocycles. The van der Waals surface area contributed by atoms with Gasteiger partial charge in [-0.1, -0.05) is 28.7 Å². The number of hydrogen-bond acceptors (Lipinski definition) is 5. The van der Waals surface area contributed by atoms with Crippen LogP contribution in [0, 0.1) is 5.82 Å². The molecule has 5 nitrogen and oxygen atoms in total. The third-order valence-electron chi connectivity index (χ3n) is 3.80. The summed E-state index contributed by atoms with van der Waals surface area (Å²) in [5.74, 6) is 1.43. The third kappa shape index (κ3) is 3.24. The smallest absolute Gasteiger partial charge is 0.163 e. The van der Waals surface area contributed by atoms with Crippen LogP contribution < -0.4 is 14.8 Å². The normalized spacial score (nSPS) is 16.0. The molecular weight excluding hydrogens is 504 g/mol. The van der Waals surface area contributed by atoms with E-state index in [2.05, 4.69) is 53.8 Å². The maximum Gasteiger partial charge on any atom is 0.163 e. The van der Waals surface area contributed by atoms with E-state index in [1.807, 2.05) is 12.1 Å². The Morgan fingerprint density at radius 2 is 2.16 bits per heavy atom. The lowest BCUT2D eigenvalue weighted by atomic mass is 10.2. The van der Waals surface area contributed by atoms with Crippen LogP contribution in [0.5, 0.6) is 11.5 Å². The number of nitrogens with zero attached hydrogens (tertiary/aromatic N) is 2. The van der Waals surface area contributed by atoms with Crippen LogP contribution in [0.3, 0.4) is 0 Å². The standard InChI is InChI=1S/C17H12BrFIN3O2/c18-11-2-1-3-12(16(11)19)23-17-10-4-15-14(5-13(10)21-8-22-17)24-7-9(6-20)25-15/h1-5,8-9H,6-7H2,(H,21,22,23). The first-order valence-electron chi connectivity index (χ1n) is 7.51. The van der Waals surface area contributed by atoms with Gasteiger partial charge in [0.2, 0.25) is 0 Å². The highest BCUT2D eigenvalue weighted by Crippen LogP contribution is 2.38. The topological polar surface area (TPSA) is 56.3 Å². The average molecular weight is 516 g/mol. The second kappa shape index (κ2) is 6.91. The summed E-state index contributed by atoms with van der Waals surface area (Å²) in [6, 6.07) is 8.70. The van der Waals surface area contributed by atoms with Gasteiger partial charge in [-0.2, -0.15) is 0 Å². The molecule has 0 amide bonds. The van der Waals surface area contributed by atoms with Crippen molar-refractivity contribution in [3.8, 4) is 11.5 Å². The Hall–Kier alpha value is -1.68. The first kappa shape index (κ1) is 16.8. The van der Waals surface area contributed by atoms with Crippen LogP contribution in [-0.4, -0.2) is 27.1 Å². The predicted octanol–water partition coefficient (Wildman–Crippen LogP) is 4.85. The molecule has 1 aliphatic heterocycles. The van der Waals surface area contributed by atoms with E-state index in [1.165, 1.54) is 6.33 Å². The minimum absolute atomic E-state index is 0.00844. The molecule has 3 aromatic rings. The minimum atomic E-state index is -0.378. The molecule has 2 heterocycles. The van der Waals surface area contributed by atoms with Crippen LogP contribution in [0.4, 0.5) is 15.9 Å². The van der Waals surface area contributed by atoms with Crippen LogP contribution in [0.25, 0.3) is 10.9 Å². The number of ether oxygens (including phenoxy) is 2. The van der Waals surface area contributed by atoms with E-state index >= 15 is 0 Å². The molecule has 128 valence electrons. The zero-order valence-electron chi connectivity index (χ0n) is 12.8. The number of alkyl halides is 1. The summed E-state index contributed by atoms with van der Waals surface area (Å²) in [5, 5.41) is 3.77. The van der Waals surface area contributed by atoms with Crippen molar-refractivity contribution in [2.24, 2.45) is 0 Å². The number of nitrogens with one attached hydrogen (secondary N) is 1. The Kier molecular flexibility index (Phi) is 4.63. The summed E-state index contributed by atoms with van der Waals surface area (Å²) >= 11 is 5.45. The third-order valence-corrected chi connectivity index (χ3v) is 5.39. The molecule has 0 fully saturated rings. The van der Waals surface area contributed by atoms with Gasteiger partial charge in [0.25, 0.3) is 0 Å². The fourth-order valence-electron chi connectivity index (χ4n) is 2.57. The lowest BCUT2D eigenvalue weighted by molar-refractivity contribution is 0.109. The fourth-order valence-corrected chi connectivity index (χ4v) is 3.37. The zero-order chi connectivity index (χ0) is 17.4. The highest BCUT2D eigenvalue weighted by molar-refractivity contribution is 14.1. The molecule has 0 saturated carbocycles. The van der Waals surface area contributed by atoms with Crippen LogP contribution >= 0.6 is 38.5 Å². The largest absolute Gasteiger partial charge is 0.486 e. The van der Waals surface area contributed by atoms with E-state index in [1.54, 1.807) is 18.2 Å². The Morgan fingerprint density at radius 1 is 1.28 bits per heavy atom. The van der Waals surface area contributed by atoms with Crippen molar-refractivity contribution in [3.05, 3.63) is 46.9 Å². The summed E-state index contributed by atoms with van der Waals surface area (Å²) in [6.07, 6.45) is 1.44. The summed E-state index contributed by atoms with van der Waals surface area (Å²) < 4.78 is 27.2. The molecule has 4 rings (SSSR count). The Balaban J connectivity index is 1.78. The van der Waals surface area contributed by atoms with Gasteiger partial charge in [0.15, 0.2) is 17.3 Å². The van der Waals surface area contributed by atoms with Crippen LogP contribution in [-0.2, 0) is 0 Å². The number of benzene rings is 2. The lowest BCUT2D eigenvalue weighted by Gasteiger charge is -2.25. The SMILES string of the molecule is Fc1c(Br)cccc1Nc1ncnc2cc3c(cc12)OC(CI)CO3. The molecule has 25 heavy (non-hydrogen) atoms. The summed E-state index contributed by atoms with van der Waals surface area (Å²) in [7, 11) is 0. The van der Waals surface area contributed by atoms with Gasteiger partial charge in [0.1, 0.15) is 24.9 Å².